The number of cyclic esters (lactones) is 1. The fourth-order valence-corrected chi connectivity index (χ4v) is 0.505. The first-order chi connectivity index (χ1) is 3.29. The van der Waals surface area contributed by atoms with E-state index in [1.165, 1.54) is 6.26 Å². The van der Waals surface area contributed by atoms with Gasteiger partial charge in [0.05, 0.1) is 11.5 Å². The molecule has 1 heterocycles. The molecule has 0 saturated carbocycles. The maximum atomic E-state index is 10.1. The van der Waals surface area contributed by atoms with Gasteiger partial charge >= 0.3 is 5.97 Å². The number of rotatable bonds is 0. The van der Waals surface area contributed by atoms with Crippen LogP contribution in [0.15, 0.2) is 11.3 Å². The van der Waals surface area contributed by atoms with Crippen LogP contribution in [-0.2, 0) is 9.53 Å². The molecule has 1 aliphatic heterocycles. The monoisotopic (exact) mass is 118 g/mol. The quantitative estimate of drug-likeness (QED) is 0.444. The van der Waals surface area contributed by atoms with Crippen molar-refractivity contribution in [2.75, 3.05) is 0 Å². The Hall–Kier alpha value is -0.500. The first-order valence-electron chi connectivity index (χ1n) is 1.83. The van der Waals surface area contributed by atoms with Gasteiger partial charge in [0.2, 0.25) is 0 Å². The van der Waals surface area contributed by atoms with Crippen LogP contribution >= 0.6 is 11.6 Å². The average Bonchev–Trinajstić information content (AvgIpc) is 1.87. The molecule has 1 aliphatic rings. The van der Waals surface area contributed by atoms with Crippen molar-refractivity contribution >= 4 is 17.6 Å². The highest BCUT2D eigenvalue weighted by Gasteiger charge is 2.10. The lowest BCUT2D eigenvalue weighted by Gasteiger charge is -1.78. The molecule has 0 aromatic carbocycles. The standard InChI is InChI=1S/C4H3ClO2/c5-3-1-4(6)7-2-3/h2H,1H2. The van der Waals surface area contributed by atoms with E-state index in [1.54, 1.807) is 0 Å². The summed E-state index contributed by atoms with van der Waals surface area (Å²) in [6.45, 7) is 0. The van der Waals surface area contributed by atoms with Gasteiger partial charge in [0, 0.05) is 0 Å². The Kier molecular flexibility index (Phi) is 1.02. The molecule has 0 bridgehead atoms. The van der Waals surface area contributed by atoms with Crippen LogP contribution in [0.3, 0.4) is 0 Å². The summed E-state index contributed by atoms with van der Waals surface area (Å²) in [7, 11) is 0. The van der Waals surface area contributed by atoms with Crippen LogP contribution < -0.4 is 0 Å². The Morgan fingerprint density at radius 3 is 2.71 bits per heavy atom. The van der Waals surface area contributed by atoms with Crippen LogP contribution in [0.4, 0.5) is 0 Å². The van der Waals surface area contributed by atoms with Gasteiger partial charge in [-0.1, -0.05) is 11.6 Å². The van der Waals surface area contributed by atoms with Crippen molar-refractivity contribution in [2.45, 2.75) is 6.42 Å². The molecule has 3 heteroatoms. The third kappa shape index (κ3) is 0.933. The van der Waals surface area contributed by atoms with E-state index in [9.17, 15) is 4.79 Å². The first kappa shape index (κ1) is 4.65. The van der Waals surface area contributed by atoms with Gasteiger partial charge in [0.25, 0.3) is 0 Å². The number of carbonyl (C=O) groups is 1. The van der Waals surface area contributed by atoms with Crippen LogP contribution in [0.1, 0.15) is 6.42 Å². The Bertz CT molecular complexity index is 128. The summed E-state index contributed by atoms with van der Waals surface area (Å²) >= 11 is 5.32. The average molecular weight is 119 g/mol. The molecule has 0 aromatic heterocycles. The minimum Gasteiger partial charge on any atom is -0.433 e. The zero-order valence-corrected chi connectivity index (χ0v) is 4.23. The molecule has 0 radical (unpaired) electrons. The number of halogens is 1. The lowest BCUT2D eigenvalue weighted by atomic mass is 10.5. The summed E-state index contributed by atoms with van der Waals surface area (Å²) in [5, 5.41) is 0.477. The van der Waals surface area contributed by atoms with Gasteiger partial charge in [0.1, 0.15) is 6.26 Å². The number of esters is 1. The highest BCUT2D eigenvalue weighted by molar-refractivity contribution is 6.31. The maximum Gasteiger partial charge on any atom is 0.316 e. The second-order valence-electron chi connectivity index (χ2n) is 1.23. The third-order valence-corrected chi connectivity index (χ3v) is 0.854. The largest absolute Gasteiger partial charge is 0.433 e. The van der Waals surface area contributed by atoms with Crippen molar-refractivity contribution in [3.63, 3.8) is 0 Å². The summed E-state index contributed by atoms with van der Waals surface area (Å²) in [6.07, 6.45) is 1.49. The molecule has 0 aliphatic carbocycles. The Labute approximate surface area is 45.7 Å². The lowest BCUT2D eigenvalue weighted by Crippen LogP contribution is -1.88. The predicted octanol–water partition coefficient (Wildman–Crippen LogP) is 1.01. The van der Waals surface area contributed by atoms with E-state index < -0.39 is 0 Å². The molecule has 0 N–H and O–H groups in total. The molecule has 7 heavy (non-hydrogen) atoms. The van der Waals surface area contributed by atoms with Crippen molar-refractivity contribution in [3.05, 3.63) is 11.3 Å². The molecular formula is C4H3ClO2. The first-order valence-corrected chi connectivity index (χ1v) is 2.21. The van der Waals surface area contributed by atoms with Gasteiger partial charge in [-0.15, -0.1) is 0 Å². The van der Waals surface area contributed by atoms with Crippen molar-refractivity contribution in [1.29, 1.82) is 0 Å². The summed E-state index contributed by atoms with van der Waals surface area (Å²) in [4.78, 5) is 10.1. The van der Waals surface area contributed by atoms with Crippen molar-refractivity contribution < 1.29 is 9.53 Å². The third-order valence-electron chi connectivity index (χ3n) is 0.631. The highest BCUT2D eigenvalue weighted by atomic mass is 35.5. The zero-order valence-electron chi connectivity index (χ0n) is 3.48. The molecule has 0 fully saturated rings. The molecule has 0 atom stereocenters. The van der Waals surface area contributed by atoms with Gasteiger partial charge in [-0.3, -0.25) is 4.79 Å². The maximum absolute atomic E-state index is 10.1. The van der Waals surface area contributed by atoms with E-state index in [4.69, 9.17) is 11.6 Å². The lowest BCUT2D eigenvalue weighted by molar-refractivity contribution is -0.135. The van der Waals surface area contributed by atoms with Gasteiger partial charge < -0.3 is 4.74 Å². The predicted molar refractivity (Wildman–Crippen MR) is 24.6 cm³/mol. The Morgan fingerprint density at radius 1 is 1.86 bits per heavy atom. The number of hydrogen-bond donors (Lipinski definition) is 0. The summed E-state index contributed by atoms with van der Waals surface area (Å²) in [6, 6.07) is 0. The Balaban J connectivity index is 2.58. The normalized spacial score (nSPS) is 19.0. The van der Waals surface area contributed by atoms with Crippen LogP contribution in [-0.4, -0.2) is 5.97 Å². The van der Waals surface area contributed by atoms with Crippen LogP contribution in [0.5, 0.6) is 0 Å². The van der Waals surface area contributed by atoms with Crippen LogP contribution in [0.2, 0.25) is 0 Å². The van der Waals surface area contributed by atoms with E-state index in [1.807, 2.05) is 0 Å². The molecule has 0 aromatic rings. The van der Waals surface area contributed by atoms with Crippen LogP contribution in [0, 0.1) is 0 Å². The molecule has 0 amide bonds. The molecule has 38 valence electrons. The minimum atomic E-state index is -0.273. The van der Waals surface area contributed by atoms with Gasteiger partial charge in [0.15, 0.2) is 0 Å². The molecule has 2 nitrogen and oxygen atoms in total. The minimum absolute atomic E-state index is 0.238. The molecule has 0 unspecified atom stereocenters. The summed E-state index contributed by atoms with van der Waals surface area (Å²) < 4.78 is 4.33. The van der Waals surface area contributed by atoms with E-state index in [-0.39, 0.29) is 12.4 Å². The van der Waals surface area contributed by atoms with Gasteiger partial charge in [-0.05, 0) is 0 Å². The second-order valence-corrected chi connectivity index (χ2v) is 1.72. The smallest absolute Gasteiger partial charge is 0.316 e. The van der Waals surface area contributed by atoms with Crippen molar-refractivity contribution in [2.24, 2.45) is 0 Å². The van der Waals surface area contributed by atoms with Gasteiger partial charge in [-0.25, -0.2) is 0 Å². The zero-order chi connectivity index (χ0) is 5.28. The molecule has 0 saturated heterocycles. The number of hydrogen-bond acceptors (Lipinski definition) is 2. The molecule has 0 spiro atoms. The topological polar surface area (TPSA) is 26.3 Å². The van der Waals surface area contributed by atoms with Crippen molar-refractivity contribution in [1.82, 2.24) is 0 Å². The summed E-state index contributed by atoms with van der Waals surface area (Å²) in [5.74, 6) is -0.273. The number of carbonyl (C=O) groups excluding carboxylic acids is 1. The second kappa shape index (κ2) is 1.54. The highest BCUT2D eigenvalue weighted by Crippen LogP contribution is 2.14. The van der Waals surface area contributed by atoms with E-state index >= 15 is 0 Å². The van der Waals surface area contributed by atoms with Crippen LogP contribution in [0.25, 0.3) is 0 Å². The SMILES string of the molecule is O=C1CC(Cl)=CO1. The van der Waals surface area contributed by atoms with E-state index in [0.717, 1.165) is 0 Å². The van der Waals surface area contributed by atoms with Crippen molar-refractivity contribution in [3.8, 4) is 0 Å². The molecular weight excluding hydrogens is 115 g/mol. The van der Waals surface area contributed by atoms with E-state index in [2.05, 4.69) is 4.74 Å². The summed E-state index contributed by atoms with van der Waals surface area (Å²) in [5.41, 5.74) is 0. The fourth-order valence-electron chi connectivity index (χ4n) is 0.351. The van der Waals surface area contributed by atoms with E-state index in [0.29, 0.717) is 5.03 Å². The number of ether oxygens (including phenoxy) is 1. The van der Waals surface area contributed by atoms with Gasteiger partial charge in [-0.2, -0.15) is 0 Å². The molecule has 1 rings (SSSR count). The Morgan fingerprint density at radius 2 is 2.57 bits per heavy atom. The fraction of sp³-hybridized carbons (Fsp3) is 0.250.